The Morgan fingerprint density at radius 3 is 2.56 bits per heavy atom. The zero-order chi connectivity index (χ0) is 19.4. The minimum absolute atomic E-state index is 0.0207. The van der Waals surface area contributed by atoms with Gasteiger partial charge in [0.05, 0.1) is 19.3 Å². The number of aromatic hydroxyl groups is 1. The quantitative estimate of drug-likeness (QED) is 0.666. The van der Waals surface area contributed by atoms with Crippen molar-refractivity contribution in [2.45, 2.75) is 6.92 Å². The van der Waals surface area contributed by atoms with E-state index in [1.54, 1.807) is 49.4 Å². The van der Waals surface area contributed by atoms with E-state index in [4.69, 9.17) is 9.47 Å². The number of phenolic OH excluding ortho intramolecular Hbond substituents is 1. The van der Waals surface area contributed by atoms with Gasteiger partial charge in [-0.05, 0) is 30.7 Å². The zero-order valence-electron chi connectivity index (χ0n) is 14.7. The smallest absolute Gasteiger partial charge is 0.361 e. The van der Waals surface area contributed by atoms with Crippen molar-refractivity contribution in [3.8, 4) is 28.1 Å². The van der Waals surface area contributed by atoms with Crippen molar-refractivity contribution in [2.75, 3.05) is 13.7 Å². The summed E-state index contributed by atoms with van der Waals surface area (Å²) < 4.78 is 9.69. The second-order valence-corrected chi connectivity index (χ2v) is 5.52. The maximum Gasteiger partial charge on any atom is 0.361 e. The van der Waals surface area contributed by atoms with Gasteiger partial charge in [-0.3, -0.25) is 0 Å². The van der Waals surface area contributed by atoms with E-state index in [1.807, 2.05) is 0 Å². The number of ether oxygens (including phenoxy) is 2. The topological polar surface area (TPSA) is 114 Å². The lowest BCUT2D eigenvalue weighted by Gasteiger charge is -2.10. The predicted molar refractivity (Wildman–Crippen MR) is 96.2 cm³/mol. The summed E-state index contributed by atoms with van der Waals surface area (Å²) in [6.45, 7) is 1.88. The van der Waals surface area contributed by atoms with E-state index < -0.39 is 11.9 Å². The summed E-state index contributed by atoms with van der Waals surface area (Å²) in [5.41, 5.74) is 1.90. The van der Waals surface area contributed by atoms with E-state index in [1.165, 1.54) is 7.11 Å². The standard InChI is InChI=1S/C19H17N3O5/c1-3-27-19(25)16-15(20-22-21-16)14-9-5-8-13(17(14)23)11-6-4-7-12(10-11)18(24)26-2/h4-10,23H,3H2,1-2H3,(H,20,21,22). The highest BCUT2D eigenvalue weighted by Crippen LogP contribution is 2.38. The fourth-order valence-corrected chi connectivity index (χ4v) is 2.66. The van der Waals surface area contributed by atoms with Crippen LogP contribution >= 0.6 is 0 Å². The molecule has 0 spiro atoms. The average Bonchev–Trinajstić information content (AvgIpc) is 3.17. The Labute approximate surface area is 154 Å². The zero-order valence-corrected chi connectivity index (χ0v) is 14.7. The van der Waals surface area contributed by atoms with Crippen molar-refractivity contribution in [3.05, 3.63) is 53.7 Å². The molecular formula is C19H17N3O5. The summed E-state index contributed by atoms with van der Waals surface area (Å²) in [4.78, 5) is 23.8. The molecule has 3 rings (SSSR count). The number of nitrogens with one attached hydrogen (secondary N) is 1. The lowest BCUT2D eigenvalue weighted by Crippen LogP contribution is -2.06. The fourth-order valence-electron chi connectivity index (χ4n) is 2.66. The molecule has 0 aliphatic heterocycles. The molecule has 0 amide bonds. The van der Waals surface area contributed by atoms with Gasteiger partial charge in [-0.25, -0.2) is 9.59 Å². The SMILES string of the molecule is CCOC(=O)c1n[nH]nc1-c1cccc(-c2cccc(C(=O)OC)c2)c1O. The van der Waals surface area contributed by atoms with Gasteiger partial charge in [0.25, 0.3) is 0 Å². The van der Waals surface area contributed by atoms with E-state index in [2.05, 4.69) is 15.4 Å². The van der Waals surface area contributed by atoms with E-state index in [-0.39, 0.29) is 23.7 Å². The summed E-state index contributed by atoms with van der Waals surface area (Å²) in [6.07, 6.45) is 0. The molecule has 27 heavy (non-hydrogen) atoms. The number of carbonyl (C=O) groups excluding carboxylic acids is 2. The molecule has 0 saturated carbocycles. The van der Waals surface area contributed by atoms with Crippen LogP contribution in [0, 0.1) is 0 Å². The average molecular weight is 367 g/mol. The molecule has 0 saturated heterocycles. The maximum atomic E-state index is 12.0. The second kappa shape index (κ2) is 7.69. The number of phenols is 1. The molecule has 1 aromatic heterocycles. The van der Waals surface area contributed by atoms with E-state index in [0.717, 1.165) is 0 Å². The number of hydrogen-bond donors (Lipinski definition) is 2. The molecule has 0 fully saturated rings. The number of H-pyrrole nitrogens is 1. The van der Waals surface area contributed by atoms with Crippen molar-refractivity contribution >= 4 is 11.9 Å². The molecule has 3 aromatic rings. The minimum atomic E-state index is -0.640. The summed E-state index contributed by atoms with van der Waals surface area (Å²) in [5, 5.41) is 21.0. The molecule has 0 aliphatic rings. The first-order valence-corrected chi connectivity index (χ1v) is 8.15. The van der Waals surface area contributed by atoms with Gasteiger partial charge in [0.15, 0.2) is 5.69 Å². The molecular weight excluding hydrogens is 350 g/mol. The number of aromatic amines is 1. The Balaban J connectivity index is 2.08. The number of rotatable bonds is 5. The van der Waals surface area contributed by atoms with E-state index in [0.29, 0.717) is 22.3 Å². The Morgan fingerprint density at radius 2 is 1.81 bits per heavy atom. The number of hydrogen-bond acceptors (Lipinski definition) is 7. The second-order valence-electron chi connectivity index (χ2n) is 5.52. The number of benzene rings is 2. The summed E-state index contributed by atoms with van der Waals surface area (Å²) in [5.74, 6) is -1.22. The van der Waals surface area contributed by atoms with Crippen LogP contribution in [0.15, 0.2) is 42.5 Å². The van der Waals surface area contributed by atoms with Crippen LogP contribution in [0.1, 0.15) is 27.8 Å². The molecule has 0 aliphatic carbocycles. The number of methoxy groups -OCH3 is 1. The highest BCUT2D eigenvalue weighted by molar-refractivity contribution is 5.96. The van der Waals surface area contributed by atoms with Gasteiger partial charge in [-0.15, -0.1) is 5.10 Å². The molecule has 0 unspecified atom stereocenters. The normalized spacial score (nSPS) is 10.4. The van der Waals surface area contributed by atoms with Crippen LogP contribution in [0.4, 0.5) is 0 Å². The summed E-state index contributed by atoms with van der Waals surface area (Å²) in [7, 11) is 1.30. The third kappa shape index (κ3) is 3.50. The number of aromatic nitrogens is 3. The van der Waals surface area contributed by atoms with Crippen LogP contribution in [0.25, 0.3) is 22.4 Å². The van der Waals surface area contributed by atoms with Crippen LogP contribution in [-0.4, -0.2) is 46.2 Å². The number of para-hydroxylation sites is 1. The van der Waals surface area contributed by atoms with Gasteiger partial charge < -0.3 is 14.6 Å². The molecule has 0 atom stereocenters. The molecule has 2 aromatic carbocycles. The Kier molecular flexibility index (Phi) is 5.16. The van der Waals surface area contributed by atoms with Gasteiger partial charge in [0.2, 0.25) is 0 Å². The van der Waals surface area contributed by atoms with Crippen LogP contribution in [0.3, 0.4) is 0 Å². The van der Waals surface area contributed by atoms with Gasteiger partial charge in [0, 0.05) is 11.1 Å². The molecule has 8 nitrogen and oxygen atoms in total. The highest BCUT2D eigenvalue weighted by atomic mass is 16.5. The van der Waals surface area contributed by atoms with Crippen molar-refractivity contribution in [2.24, 2.45) is 0 Å². The number of esters is 2. The molecule has 0 radical (unpaired) electrons. The molecule has 8 heteroatoms. The van der Waals surface area contributed by atoms with Crippen molar-refractivity contribution in [1.82, 2.24) is 15.4 Å². The molecule has 138 valence electrons. The first-order chi connectivity index (χ1) is 13.1. The predicted octanol–water partition coefficient (Wildman–Crippen LogP) is 2.81. The highest BCUT2D eigenvalue weighted by Gasteiger charge is 2.22. The fraction of sp³-hybridized carbons (Fsp3) is 0.158. The Hall–Kier alpha value is -3.68. The van der Waals surface area contributed by atoms with Gasteiger partial charge in [0.1, 0.15) is 11.4 Å². The first kappa shape index (κ1) is 18.1. The number of nitrogens with zero attached hydrogens (tertiary/aromatic N) is 2. The lowest BCUT2D eigenvalue weighted by molar-refractivity contribution is 0.0519. The molecule has 0 bridgehead atoms. The van der Waals surface area contributed by atoms with Crippen LogP contribution in [0.5, 0.6) is 5.75 Å². The summed E-state index contributed by atoms with van der Waals surface area (Å²) in [6, 6.07) is 11.7. The summed E-state index contributed by atoms with van der Waals surface area (Å²) >= 11 is 0. The van der Waals surface area contributed by atoms with Crippen molar-refractivity contribution < 1.29 is 24.2 Å². The van der Waals surface area contributed by atoms with Crippen LogP contribution in [-0.2, 0) is 9.47 Å². The van der Waals surface area contributed by atoms with E-state index in [9.17, 15) is 14.7 Å². The molecule has 1 heterocycles. The Bertz CT molecular complexity index is 997. The van der Waals surface area contributed by atoms with Crippen LogP contribution < -0.4 is 0 Å². The third-order valence-electron chi connectivity index (χ3n) is 3.90. The number of carbonyl (C=O) groups is 2. The van der Waals surface area contributed by atoms with Crippen LogP contribution in [0.2, 0.25) is 0 Å². The minimum Gasteiger partial charge on any atom is -0.507 e. The largest absolute Gasteiger partial charge is 0.507 e. The maximum absolute atomic E-state index is 12.0. The van der Waals surface area contributed by atoms with Gasteiger partial charge >= 0.3 is 11.9 Å². The molecule has 2 N–H and O–H groups in total. The lowest BCUT2D eigenvalue weighted by atomic mass is 9.98. The van der Waals surface area contributed by atoms with Crippen molar-refractivity contribution in [1.29, 1.82) is 0 Å². The van der Waals surface area contributed by atoms with Gasteiger partial charge in [-0.2, -0.15) is 10.3 Å². The third-order valence-corrected chi connectivity index (χ3v) is 3.90. The Morgan fingerprint density at radius 1 is 1.07 bits per heavy atom. The van der Waals surface area contributed by atoms with Gasteiger partial charge in [-0.1, -0.05) is 24.3 Å². The van der Waals surface area contributed by atoms with Crippen molar-refractivity contribution in [3.63, 3.8) is 0 Å². The van der Waals surface area contributed by atoms with E-state index >= 15 is 0 Å². The first-order valence-electron chi connectivity index (χ1n) is 8.15. The monoisotopic (exact) mass is 367 g/mol.